The van der Waals surface area contributed by atoms with E-state index < -0.39 is 11.9 Å². The molecule has 0 heterocycles. The lowest BCUT2D eigenvalue weighted by Crippen LogP contribution is -2.09. The molecule has 0 atom stereocenters. The number of ether oxygens (including phenoxy) is 2. The molecular formula is C9H12O4. The van der Waals surface area contributed by atoms with E-state index in [2.05, 4.69) is 9.47 Å². The van der Waals surface area contributed by atoms with E-state index in [1.165, 1.54) is 0 Å². The summed E-state index contributed by atoms with van der Waals surface area (Å²) in [4.78, 5) is 21.4. The molecule has 0 aromatic rings. The summed E-state index contributed by atoms with van der Waals surface area (Å²) >= 11 is 0. The van der Waals surface area contributed by atoms with Gasteiger partial charge < -0.3 is 9.47 Å². The van der Waals surface area contributed by atoms with Crippen molar-refractivity contribution < 1.29 is 19.1 Å². The number of hydrogen-bond acceptors (Lipinski definition) is 4. The average Bonchev–Trinajstić information content (AvgIpc) is 2.00. The number of esters is 2. The zero-order valence-corrected chi connectivity index (χ0v) is 7.92. The molecular weight excluding hydrogens is 172 g/mol. The molecule has 0 amide bonds. The van der Waals surface area contributed by atoms with Gasteiger partial charge in [0.25, 0.3) is 0 Å². The van der Waals surface area contributed by atoms with Crippen LogP contribution in [0.5, 0.6) is 0 Å². The van der Waals surface area contributed by atoms with Gasteiger partial charge in [0.05, 0.1) is 12.7 Å². The van der Waals surface area contributed by atoms with Gasteiger partial charge in [0.15, 0.2) is 0 Å². The van der Waals surface area contributed by atoms with Gasteiger partial charge in [-0.2, -0.15) is 0 Å². The van der Waals surface area contributed by atoms with Crippen LogP contribution in [0, 0.1) is 11.8 Å². The first-order chi connectivity index (χ1) is 6.06. The fraction of sp³-hybridized carbons (Fsp3) is 0.556. The third-order valence-corrected chi connectivity index (χ3v) is 0.885. The Kier molecular flexibility index (Phi) is 5.37. The van der Waals surface area contributed by atoms with Crippen molar-refractivity contribution >= 4 is 11.9 Å². The molecule has 13 heavy (non-hydrogen) atoms. The first kappa shape index (κ1) is 11.5. The molecule has 0 rings (SSSR count). The predicted molar refractivity (Wildman–Crippen MR) is 45.6 cm³/mol. The van der Waals surface area contributed by atoms with E-state index in [4.69, 9.17) is 0 Å². The van der Waals surface area contributed by atoms with Crippen LogP contribution in [-0.4, -0.2) is 24.6 Å². The van der Waals surface area contributed by atoms with E-state index in [-0.39, 0.29) is 12.7 Å². The maximum Gasteiger partial charge on any atom is 0.385 e. The smallest absolute Gasteiger partial charge is 0.385 e. The zero-order chi connectivity index (χ0) is 10.3. The van der Waals surface area contributed by atoms with Crippen LogP contribution in [0.4, 0.5) is 0 Å². The SMILES string of the molecule is CCOC(=O)C#CC(=O)OC(C)C. The van der Waals surface area contributed by atoms with Crippen LogP contribution in [0.2, 0.25) is 0 Å². The van der Waals surface area contributed by atoms with E-state index >= 15 is 0 Å². The zero-order valence-electron chi connectivity index (χ0n) is 7.92. The minimum atomic E-state index is -0.719. The Hall–Kier alpha value is -1.50. The second-order valence-electron chi connectivity index (χ2n) is 2.42. The van der Waals surface area contributed by atoms with Gasteiger partial charge in [-0.3, -0.25) is 0 Å². The molecule has 0 N–H and O–H groups in total. The summed E-state index contributed by atoms with van der Waals surface area (Å²) in [5.41, 5.74) is 0. The molecule has 0 aliphatic carbocycles. The van der Waals surface area contributed by atoms with Crippen molar-refractivity contribution in [3.63, 3.8) is 0 Å². The van der Waals surface area contributed by atoms with Gasteiger partial charge in [-0.15, -0.1) is 0 Å². The van der Waals surface area contributed by atoms with E-state index in [1.807, 2.05) is 11.8 Å². The van der Waals surface area contributed by atoms with Crippen LogP contribution < -0.4 is 0 Å². The summed E-state index contributed by atoms with van der Waals surface area (Å²) in [5, 5.41) is 0. The summed E-state index contributed by atoms with van der Waals surface area (Å²) in [6.45, 7) is 5.30. The fourth-order valence-corrected chi connectivity index (χ4v) is 0.513. The van der Waals surface area contributed by atoms with Crippen LogP contribution in [0.25, 0.3) is 0 Å². The highest BCUT2D eigenvalue weighted by atomic mass is 16.5. The quantitative estimate of drug-likeness (QED) is 0.356. The van der Waals surface area contributed by atoms with Gasteiger partial charge in [0.1, 0.15) is 0 Å². The van der Waals surface area contributed by atoms with E-state index in [0.717, 1.165) is 0 Å². The molecule has 0 aromatic carbocycles. The Labute approximate surface area is 77.2 Å². The molecule has 0 unspecified atom stereocenters. The normalized spacial score (nSPS) is 8.62. The molecule has 0 aromatic heterocycles. The van der Waals surface area contributed by atoms with Gasteiger partial charge in [-0.1, -0.05) is 0 Å². The van der Waals surface area contributed by atoms with Gasteiger partial charge in [0, 0.05) is 11.8 Å². The monoisotopic (exact) mass is 184 g/mol. The van der Waals surface area contributed by atoms with Gasteiger partial charge >= 0.3 is 11.9 Å². The Balaban J connectivity index is 3.95. The second-order valence-corrected chi connectivity index (χ2v) is 2.42. The number of carbonyl (C=O) groups excluding carboxylic acids is 2. The summed E-state index contributed by atoms with van der Waals surface area (Å²) in [6, 6.07) is 0. The van der Waals surface area contributed by atoms with Crippen molar-refractivity contribution in [1.29, 1.82) is 0 Å². The molecule has 0 radical (unpaired) electrons. The molecule has 0 saturated heterocycles. The van der Waals surface area contributed by atoms with Crippen molar-refractivity contribution in [2.24, 2.45) is 0 Å². The molecule has 0 saturated carbocycles. The van der Waals surface area contributed by atoms with Gasteiger partial charge in [-0.05, 0) is 20.8 Å². The molecule has 0 fully saturated rings. The first-order valence-electron chi connectivity index (χ1n) is 3.95. The van der Waals surface area contributed by atoms with Crippen molar-refractivity contribution in [3.05, 3.63) is 0 Å². The van der Waals surface area contributed by atoms with Crippen molar-refractivity contribution in [1.82, 2.24) is 0 Å². The minimum absolute atomic E-state index is 0.232. The maximum absolute atomic E-state index is 10.8. The summed E-state index contributed by atoms with van der Waals surface area (Å²) in [6.07, 6.45) is -0.232. The Morgan fingerprint density at radius 2 is 1.77 bits per heavy atom. The number of carbonyl (C=O) groups is 2. The lowest BCUT2D eigenvalue weighted by molar-refractivity contribution is -0.141. The van der Waals surface area contributed by atoms with E-state index in [1.54, 1.807) is 20.8 Å². The molecule has 0 aliphatic heterocycles. The van der Waals surface area contributed by atoms with Crippen LogP contribution >= 0.6 is 0 Å². The first-order valence-corrected chi connectivity index (χ1v) is 3.95. The molecule has 0 spiro atoms. The van der Waals surface area contributed by atoms with E-state index in [0.29, 0.717) is 0 Å². The number of rotatable bonds is 2. The van der Waals surface area contributed by atoms with Crippen LogP contribution in [0.15, 0.2) is 0 Å². The highest BCUT2D eigenvalue weighted by molar-refractivity contribution is 5.98. The summed E-state index contributed by atoms with van der Waals surface area (Å²) < 4.78 is 9.14. The average molecular weight is 184 g/mol. The summed E-state index contributed by atoms with van der Waals surface area (Å²) in [5.74, 6) is 2.58. The van der Waals surface area contributed by atoms with Crippen molar-refractivity contribution in [2.75, 3.05) is 6.61 Å². The minimum Gasteiger partial charge on any atom is -0.456 e. The third kappa shape index (κ3) is 6.88. The Morgan fingerprint density at radius 3 is 2.23 bits per heavy atom. The fourth-order valence-electron chi connectivity index (χ4n) is 0.513. The standard InChI is InChI=1S/C9H12O4/c1-4-12-8(10)5-6-9(11)13-7(2)3/h7H,4H2,1-3H3. The molecule has 4 nitrogen and oxygen atoms in total. The number of hydrogen-bond donors (Lipinski definition) is 0. The second kappa shape index (κ2) is 6.06. The van der Waals surface area contributed by atoms with E-state index in [9.17, 15) is 9.59 Å². The molecule has 4 heteroatoms. The maximum atomic E-state index is 10.8. The highest BCUT2D eigenvalue weighted by Gasteiger charge is 2.01. The van der Waals surface area contributed by atoms with Gasteiger partial charge in [0.2, 0.25) is 0 Å². The Bertz CT molecular complexity index is 244. The van der Waals surface area contributed by atoms with Gasteiger partial charge in [-0.25, -0.2) is 9.59 Å². The predicted octanol–water partition coefficient (Wildman–Crippen LogP) is 0.504. The van der Waals surface area contributed by atoms with Crippen molar-refractivity contribution in [3.8, 4) is 11.8 Å². The van der Waals surface area contributed by atoms with Crippen LogP contribution in [-0.2, 0) is 19.1 Å². The lowest BCUT2D eigenvalue weighted by atomic mass is 10.5. The lowest BCUT2D eigenvalue weighted by Gasteiger charge is -2.01. The summed E-state index contributed by atoms with van der Waals surface area (Å²) in [7, 11) is 0. The van der Waals surface area contributed by atoms with Crippen LogP contribution in [0.1, 0.15) is 20.8 Å². The van der Waals surface area contributed by atoms with Crippen LogP contribution in [0.3, 0.4) is 0 Å². The third-order valence-electron chi connectivity index (χ3n) is 0.885. The Morgan fingerprint density at radius 1 is 1.23 bits per heavy atom. The molecule has 0 aliphatic rings. The highest BCUT2D eigenvalue weighted by Crippen LogP contribution is 1.87. The topological polar surface area (TPSA) is 52.6 Å². The largest absolute Gasteiger partial charge is 0.456 e. The molecule has 72 valence electrons. The van der Waals surface area contributed by atoms with Crippen molar-refractivity contribution in [2.45, 2.75) is 26.9 Å². The molecule has 0 bridgehead atoms.